The smallest absolute Gasteiger partial charge is 0.251 e. The molecule has 8 heteroatoms. The molecule has 0 radical (unpaired) electrons. The summed E-state index contributed by atoms with van der Waals surface area (Å²) in [5.74, 6) is -0.179. The van der Waals surface area contributed by atoms with Gasteiger partial charge < -0.3 is 10.6 Å². The van der Waals surface area contributed by atoms with Gasteiger partial charge in [-0.05, 0) is 49.7 Å². The topological polar surface area (TPSA) is 79.8 Å². The second-order valence-electron chi connectivity index (χ2n) is 7.70. The van der Waals surface area contributed by atoms with Crippen molar-refractivity contribution in [3.8, 4) is 11.3 Å². The van der Waals surface area contributed by atoms with Crippen LogP contribution in [0.5, 0.6) is 0 Å². The molecule has 2 atom stereocenters. The average Bonchev–Trinajstić information content (AvgIpc) is 2.77. The van der Waals surface area contributed by atoms with Crippen LogP contribution in [0.4, 0.5) is 14.6 Å². The average molecular weight is 425 g/mol. The fourth-order valence-electron chi connectivity index (χ4n) is 3.53. The number of aromatic nitrogens is 3. The third-order valence-corrected chi connectivity index (χ3v) is 5.03. The number of rotatable bonds is 8. The molecule has 0 fully saturated rings. The van der Waals surface area contributed by atoms with Crippen LogP contribution in [-0.2, 0) is 5.41 Å². The lowest BCUT2D eigenvalue weighted by molar-refractivity contribution is 0.0963. The maximum atomic E-state index is 14.3. The number of nitrogens with one attached hydrogen (secondary N) is 2. The molecule has 0 aliphatic rings. The number of halogens is 2. The van der Waals surface area contributed by atoms with Gasteiger partial charge in [-0.15, -0.1) is 10.2 Å². The van der Waals surface area contributed by atoms with E-state index in [0.29, 0.717) is 17.1 Å². The first kappa shape index (κ1) is 22.3. The van der Waals surface area contributed by atoms with Gasteiger partial charge in [0.25, 0.3) is 5.91 Å². The standard InChI is InChI=1S/C23H25F2N5O/c1-15(24)13-23(2,21-18(25)8-5-11-27-21)14-28-20-10-9-19(29-30-20)16-6-4-7-17(12-16)22(31)26-3/h4-12,15H,13-14H2,1-3H3,(H,26,31)(H,28,30)/t15-,23-/m0/s1. The molecule has 0 aliphatic carbocycles. The molecular formula is C23H25F2N5O. The summed E-state index contributed by atoms with van der Waals surface area (Å²) >= 11 is 0. The van der Waals surface area contributed by atoms with Crippen LogP contribution in [0.15, 0.2) is 54.7 Å². The lowest BCUT2D eigenvalue weighted by Gasteiger charge is -2.30. The lowest BCUT2D eigenvalue weighted by Crippen LogP contribution is -2.35. The van der Waals surface area contributed by atoms with E-state index in [1.165, 1.54) is 25.3 Å². The number of benzene rings is 1. The first-order chi connectivity index (χ1) is 14.8. The van der Waals surface area contributed by atoms with Crippen LogP contribution in [-0.4, -0.2) is 40.9 Å². The number of carbonyl (C=O) groups is 1. The number of pyridine rings is 1. The molecule has 1 amide bonds. The molecule has 31 heavy (non-hydrogen) atoms. The van der Waals surface area contributed by atoms with Crippen molar-refractivity contribution in [2.45, 2.75) is 31.9 Å². The summed E-state index contributed by atoms with van der Waals surface area (Å²) in [5, 5.41) is 14.1. The highest BCUT2D eigenvalue weighted by Crippen LogP contribution is 2.31. The molecule has 1 aromatic carbocycles. The molecule has 0 aliphatic heterocycles. The van der Waals surface area contributed by atoms with Crippen LogP contribution < -0.4 is 10.6 Å². The Bertz CT molecular complexity index is 1040. The predicted octanol–water partition coefficient (Wildman–Crippen LogP) is 4.16. The highest BCUT2D eigenvalue weighted by molar-refractivity contribution is 5.95. The second-order valence-corrected chi connectivity index (χ2v) is 7.70. The Kier molecular flexibility index (Phi) is 6.89. The summed E-state index contributed by atoms with van der Waals surface area (Å²) in [6.07, 6.45) is 0.474. The minimum absolute atomic E-state index is 0.103. The minimum atomic E-state index is -1.13. The normalized spacial score (nSPS) is 13.8. The summed E-state index contributed by atoms with van der Waals surface area (Å²) in [4.78, 5) is 16.0. The minimum Gasteiger partial charge on any atom is -0.368 e. The van der Waals surface area contributed by atoms with Gasteiger partial charge in [-0.1, -0.05) is 19.1 Å². The molecule has 3 aromatic rings. The Balaban J connectivity index is 1.77. The molecule has 2 aromatic heterocycles. The number of hydrogen-bond acceptors (Lipinski definition) is 5. The number of alkyl halides is 1. The summed E-state index contributed by atoms with van der Waals surface area (Å²) in [5.41, 5.74) is 1.22. The van der Waals surface area contributed by atoms with E-state index >= 15 is 0 Å². The zero-order valence-electron chi connectivity index (χ0n) is 17.7. The maximum Gasteiger partial charge on any atom is 0.251 e. The fraction of sp³-hybridized carbons (Fsp3) is 0.304. The zero-order valence-corrected chi connectivity index (χ0v) is 17.7. The second kappa shape index (κ2) is 9.59. The van der Waals surface area contributed by atoms with Crippen LogP contribution in [0, 0.1) is 5.82 Å². The van der Waals surface area contributed by atoms with E-state index in [1.54, 1.807) is 44.3 Å². The quantitative estimate of drug-likeness (QED) is 0.567. The predicted molar refractivity (Wildman–Crippen MR) is 116 cm³/mol. The van der Waals surface area contributed by atoms with Gasteiger partial charge >= 0.3 is 0 Å². The Labute approximate surface area is 180 Å². The molecule has 0 spiro atoms. The highest BCUT2D eigenvalue weighted by atomic mass is 19.1. The van der Waals surface area contributed by atoms with Gasteiger partial charge in [-0.3, -0.25) is 9.78 Å². The number of carbonyl (C=O) groups excluding carboxylic acids is 1. The van der Waals surface area contributed by atoms with Crippen molar-refractivity contribution < 1.29 is 13.6 Å². The molecule has 3 rings (SSSR count). The van der Waals surface area contributed by atoms with Gasteiger partial charge in [0.1, 0.15) is 11.6 Å². The van der Waals surface area contributed by atoms with Gasteiger partial charge in [0.2, 0.25) is 0 Å². The molecule has 2 heterocycles. The van der Waals surface area contributed by atoms with Crippen molar-refractivity contribution in [2.75, 3.05) is 18.9 Å². The molecule has 0 saturated carbocycles. The van der Waals surface area contributed by atoms with Crippen LogP contribution in [0.2, 0.25) is 0 Å². The summed E-state index contributed by atoms with van der Waals surface area (Å²) in [6.45, 7) is 3.45. The van der Waals surface area contributed by atoms with Gasteiger partial charge in [-0.25, -0.2) is 8.78 Å². The van der Waals surface area contributed by atoms with E-state index in [0.717, 1.165) is 5.56 Å². The van der Waals surface area contributed by atoms with E-state index in [-0.39, 0.29) is 24.6 Å². The van der Waals surface area contributed by atoms with E-state index in [1.807, 2.05) is 6.07 Å². The van der Waals surface area contributed by atoms with Gasteiger partial charge in [0.05, 0.1) is 17.6 Å². The van der Waals surface area contributed by atoms with Crippen molar-refractivity contribution in [2.24, 2.45) is 0 Å². The number of hydrogen-bond donors (Lipinski definition) is 2. The van der Waals surface area contributed by atoms with E-state index in [2.05, 4.69) is 25.8 Å². The maximum absolute atomic E-state index is 14.3. The third kappa shape index (κ3) is 5.39. The molecule has 0 saturated heterocycles. The number of amides is 1. The Morgan fingerprint density at radius 3 is 2.61 bits per heavy atom. The molecule has 0 bridgehead atoms. The monoisotopic (exact) mass is 425 g/mol. The van der Waals surface area contributed by atoms with Crippen molar-refractivity contribution in [1.29, 1.82) is 0 Å². The first-order valence-electron chi connectivity index (χ1n) is 9.97. The van der Waals surface area contributed by atoms with Gasteiger partial charge in [0, 0.05) is 36.3 Å². The van der Waals surface area contributed by atoms with Crippen molar-refractivity contribution >= 4 is 11.7 Å². The number of anilines is 1. The van der Waals surface area contributed by atoms with Gasteiger partial charge in [-0.2, -0.15) is 0 Å². The van der Waals surface area contributed by atoms with Crippen LogP contribution in [0.25, 0.3) is 11.3 Å². The van der Waals surface area contributed by atoms with Crippen LogP contribution in [0.3, 0.4) is 0 Å². The van der Waals surface area contributed by atoms with E-state index < -0.39 is 17.4 Å². The van der Waals surface area contributed by atoms with Crippen LogP contribution in [0.1, 0.15) is 36.3 Å². The summed E-state index contributed by atoms with van der Waals surface area (Å²) in [6, 6.07) is 13.4. The van der Waals surface area contributed by atoms with E-state index in [9.17, 15) is 13.6 Å². The van der Waals surface area contributed by atoms with Crippen molar-refractivity contribution in [3.05, 3.63) is 71.8 Å². The molecule has 6 nitrogen and oxygen atoms in total. The Morgan fingerprint density at radius 2 is 1.97 bits per heavy atom. The lowest BCUT2D eigenvalue weighted by atomic mass is 9.81. The Hall–Kier alpha value is -3.42. The highest BCUT2D eigenvalue weighted by Gasteiger charge is 2.33. The third-order valence-electron chi connectivity index (χ3n) is 5.03. The molecule has 2 N–H and O–H groups in total. The molecule has 162 valence electrons. The Morgan fingerprint density at radius 1 is 1.16 bits per heavy atom. The summed E-state index contributed by atoms with van der Waals surface area (Å²) in [7, 11) is 1.57. The van der Waals surface area contributed by atoms with Crippen molar-refractivity contribution in [1.82, 2.24) is 20.5 Å². The SMILES string of the molecule is CNC(=O)c1cccc(-c2ccc(NC[C@](C)(C[C@H](C)F)c3ncccc3F)nn2)c1. The fourth-order valence-corrected chi connectivity index (χ4v) is 3.53. The zero-order chi connectivity index (χ0) is 22.4. The van der Waals surface area contributed by atoms with Gasteiger partial charge in [0.15, 0.2) is 0 Å². The first-order valence-corrected chi connectivity index (χ1v) is 9.97. The number of nitrogens with zero attached hydrogens (tertiary/aromatic N) is 3. The summed E-state index contributed by atoms with van der Waals surface area (Å²) < 4.78 is 28.2. The largest absolute Gasteiger partial charge is 0.368 e. The van der Waals surface area contributed by atoms with Crippen LogP contribution >= 0.6 is 0 Å². The molecular weight excluding hydrogens is 400 g/mol. The molecule has 0 unspecified atom stereocenters. The van der Waals surface area contributed by atoms with E-state index in [4.69, 9.17) is 0 Å². The van der Waals surface area contributed by atoms with Crippen molar-refractivity contribution in [3.63, 3.8) is 0 Å².